The summed E-state index contributed by atoms with van der Waals surface area (Å²) in [5.41, 5.74) is -0.855. The molecular formula is C18H11F3N3O3S-. The molecule has 0 saturated carbocycles. The van der Waals surface area contributed by atoms with E-state index in [0.717, 1.165) is 10.7 Å². The molecule has 3 rings (SSSR count). The highest BCUT2D eigenvalue weighted by Crippen LogP contribution is 2.34. The number of ether oxygens (including phenoxy) is 1. The monoisotopic (exact) mass is 406 g/mol. The van der Waals surface area contributed by atoms with Crippen LogP contribution >= 0.6 is 0 Å². The smallest absolute Gasteiger partial charge is 0.283 e. The van der Waals surface area contributed by atoms with Crippen LogP contribution in [0.4, 0.5) is 13.2 Å². The van der Waals surface area contributed by atoms with E-state index in [9.17, 15) is 27.2 Å². The van der Waals surface area contributed by atoms with Gasteiger partial charge in [0, 0.05) is 10.5 Å². The van der Waals surface area contributed by atoms with E-state index in [-0.39, 0.29) is 27.6 Å². The normalized spacial score (nSPS) is 12.0. The van der Waals surface area contributed by atoms with Crippen LogP contribution in [-0.4, -0.2) is 25.7 Å². The van der Waals surface area contributed by atoms with Crippen LogP contribution in [0.2, 0.25) is 0 Å². The zero-order valence-electron chi connectivity index (χ0n) is 14.2. The summed E-state index contributed by atoms with van der Waals surface area (Å²) in [7, 11) is 1.28. The van der Waals surface area contributed by atoms with Gasteiger partial charge in [0.2, 0.25) is 0 Å². The van der Waals surface area contributed by atoms with E-state index in [1.807, 2.05) is 0 Å². The number of hydrogen-bond donors (Lipinski definition) is 0. The van der Waals surface area contributed by atoms with Gasteiger partial charge in [0.1, 0.15) is 17.3 Å². The minimum absolute atomic E-state index is 0.0115. The van der Waals surface area contributed by atoms with Gasteiger partial charge in [-0.15, -0.1) is 0 Å². The van der Waals surface area contributed by atoms with Crippen molar-refractivity contribution >= 4 is 11.1 Å². The van der Waals surface area contributed by atoms with E-state index in [2.05, 4.69) is 5.10 Å². The highest BCUT2D eigenvalue weighted by molar-refractivity contribution is 7.79. The number of halogens is 3. The first-order chi connectivity index (χ1) is 13.4. The number of methoxy groups -OCH3 is 1. The molecular weight excluding hydrogens is 395 g/mol. The Morgan fingerprint density at radius 3 is 2.43 bits per heavy atom. The predicted octanol–water partition coefficient (Wildman–Crippen LogP) is 3.73. The summed E-state index contributed by atoms with van der Waals surface area (Å²) in [6.07, 6.45) is -3.04. The van der Waals surface area contributed by atoms with Crippen LogP contribution in [0.15, 0.2) is 47.4 Å². The van der Waals surface area contributed by atoms with Gasteiger partial charge in [-0.25, -0.2) is 17.9 Å². The Morgan fingerprint density at radius 1 is 1.25 bits per heavy atom. The van der Waals surface area contributed by atoms with Gasteiger partial charge in [0.05, 0.1) is 18.5 Å². The van der Waals surface area contributed by atoms with E-state index in [1.165, 1.54) is 43.5 Å². The van der Waals surface area contributed by atoms with Crippen molar-refractivity contribution in [2.75, 3.05) is 7.11 Å². The van der Waals surface area contributed by atoms with Crippen molar-refractivity contribution in [1.29, 1.82) is 5.26 Å². The molecule has 0 radical (unpaired) electrons. The van der Waals surface area contributed by atoms with Gasteiger partial charge in [0.25, 0.3) is 6.43 Å². The van der Waals surface area contributed by atoms with Crippen molar-refractivity contribution in [1.82, 2.24) is 9.78 Å². The van der Waals surface area contributed by atoms with Crippen LogP contribution < -0.4 is 4.74 Å². The first-order valence-electron chi connectivity index (χ1n) is 7.72. The van der Waals surface area contributed by atoms with Crippen molar-refractivity contribution in [2.45, 2.75) is 11.3 Å². The third-order valence-electron chi connectivity index (χ3n) is 3.93. The van der Waals surface area contributed by atoms with E-state index in [0.29, 0.717) is 0 Å². The van der Waals surface area contributed by atoms with Crippen molar-refractivity contribution in [3.05, 3.63) is 59.5 Å². The molecule has 3 aromatic rings. The molecule has 1 heterocycles. The van der Waals surface area contributed by atoms with Crippen molar-refractivity contribution in [2.24, 2.45) is 0 Å². The third kappa shape index (κ3) is 3.49. The van der Waals surface area contributed by atoms with Gasteiger partial charge in [0.15, 0.2) is 11.6 Å². The van der Waals surface area contributed by atoms with Crippen molar-refractivity contribution in [3.8, 4) is 28.8 Å². The molecule has 1 atom stereocenters. The zero-order chi connectivity index (χ0) is 20.4. The highest BCUT2D eigenvalue weighted by atomic mass is 32.2. The lowest BCUT2D eigenvalue weighted by Gasteiger charge is -2.11. The maximum atomic E-state index is 14.2. The fourth-order valence-corrected chi connectivity index (χ4v) is 3.02. The Balaban J connectivity index is 2.26. The summed E-state index contributed by atoms with van der Waals surface area (Å²) in [6.45, 7) is 0. The topological polar surface area (TPSA) is 91.0 Å². The van der Waals surface area contributed by atoms with E-state index < -0.39 is 34.6 Å². The van der Waals surface area contributed by atoms with Crippen molar-refractivity contribution < 1.29 is 26.7 Å². The highest BCUT2D eigenvalue weighted by Gasteiger charge is 2.26. The largest absolute Gasteiger partial charge is 0.768 e. The van der Waals surface area contributed by atoms with Crippen LogP contribution in [0, 0.1) is 17.1 Å². The second-order valence-corrected chi connectivity index (χ2v) is 6.45. The summed E-state index contributed by atoms with van der Waals surface area (Å²) in [5.74, 6) is -0.794. The van der Waals surface area contributed by atoms with Crippen LogP contribution in [0.25, 0.3) is 16.9 Å². The number of alkyl halides is 2. The van der Waals surface area contributed by atoms with Gasteiger partial charge in [-0.3, -0.25) is 4.21 Å². The molecule has 144 valence electrons. The van der Waals surface area contributed by atoms with Crippen molar-refractivity contribution in [3.63, 3.8) is 0 Å². The molecule has 10 heteroatoms. The van der Waals surface area contributed by atoms with Gasteiger partial charge >= 0.3 is 0 Å². The molecule has 0 amide bonds. The molecule has 1 unspecified atom stereocenters. The Morgan fingerprint density at radius 2 is 1.93 bits per heavy atom. The lowest BCUT2D eigenvalue weighted by atomic mass is 10.1. The number of hydrogen-bond acceptors (Lipinski definition) is 5. The summed E-state index contributed by atoms with van der Waals surface area (Å²) in [4.78, 5) is -0.0115. The molecule has 0 aliphatic rings. The van der Waals surface area contributed by atoms with Crippen LogP contribution in [0.1, 0.15) is 17.7 Å². The molecule has 28 heavy (non-hydrogen) atoms. The van der Waals surface area contributed by atoms with Gasteiger partial charge in [-0.2, -0.15) is 10.4 Å². The Hall–Kier alpha value is -3.16. The van der Waals surface area contributed by atoms with Crippen LogP contribution in [0.5, 0.6) is 5.75 Å². The molecule has 0 aliphatic carbocycles. The third-order valence-corrected chi connectivity index (χ3v) is 4.59. The molecule has 0 N–H and O–H groups in total. The summed E-state index contributed by atoms with van der Waals surface area (Å²) in [6, 6.07) is 10.7. The molecule has 0 fully saturated rings. The van der Waals surface area contributed by atoms with Gasteiger partial charge < -0.3 is 9.29 Å². The Bertz CT molecular complexity index is 1090. The molecule has 1 aromatic heterocycles. The van der Waals surface area contributed by atoms with E-state index in [4.69, 9.17) is 4.74 Å². The number of benzene rings is 2. The Kier molecular flexibility index (Phi) is 5.48. The Labute approximate surface area is 160 Å². The van der Waals surface area contributed by atoms with Gasteiger partial charge in [-0.05, 0) is 53.5 Å². The number of nitriles is 1. The van der Waals surface area contributed by atoms with E-state index >= 15 is 0 Å². The van der Waals surface area contributed by atoms with Crippen LogP contribution in [-0.2, 0) is 11.1 Å². The number of aromatic nitrogens is 2. The second-order valence-electron chi connectivity index (χ2n) is 5.51. The average molecular weight is 406 g/mol. The fourth-order valence-electron chi connectivity index (χ4n) is 2.66. The lowest BCUT2D eigenvalue weighted by Crippen LogP contribution is -2.01. The number of nitrogens with zero attached hydrogens (tertiary/aromatic N) is 3. The minimum atomic E-state index is -3.04. The minimum Gasteiger partial charge on any atom is -0.768 e. The van der Waals surface area contributed by atoms with Crippen LogP contribution in [0.3, 0.4) is 0 Å². The fraction of sp³-hybridized carbons (Fsp3) is 0.111. The quantitative estimate of drug-likeness (QED) is 0.602. The molecule has 0 bridgehead atoms. The van der Waals surface area contributed by atoms with Gasteiger partial charge in [-0.1, -0.05) is 0 Å². The predicted molar refractivity (Wildman–Crippen MR) is 92.4 cm³/mol. The second kappa shape index (κ2) is 7.84. The molecule has 0 spiro atoms. The first-order valence-corrected chi connectivity index (χ1v) is 8.79. The average Bonchev–Trinajstić information content (AvgIpc) is 3.07. The lowest BCUT2D eigenvalue weighted by molar-refractivity contribution is 0.145. The maximum absolute atomic E-state index is 14.2. The summed E-state index contributed by atoms with van der Waals surface area (Å²) >= 11 is -2.47. The molecule has 0 aliphatic heterocycles. The SMILES string of the molecule is COc1ccc(-c2c(C#N)c(C(F)F)nn2-c2ccc(S(=O)[O-])cc2)cc1F. The summed E-state index contributed by atoms with van der Waals surface area (Å²) in [5, 5.41) is 13.2. The zero-order valence-corrected chi connectivity index (χ0v) is 15.0. The number of rotatable bonds is 5. The maximum Gasteiger partial charge on any atom is 0.283 e. The molecule has 2 aromatic carbocycles. The summed E-state index contributed by atoms with van der Waals surface area (Å²) < 4.78 is 68.9. The van der Waals surface area contributed by atoms with E-state index in [1.54, 1.807) is 6.07 Å². The first kappa shape index (κ1) is 19.6. The molecule has 6 nitrogen and oxygen atoms in total. The standard InChI is InChI=1S/C18H12F3N3O3S/c1-27-15-7-2-10(8-14(15)19)17-13(9-22)16(18(20)21)23-24(17)11-3-5-12(6-4-11)28(25)26/h2-8,18H,1H3,(H,25,26)/p-1. The molecule has 0 saturated heterocycles.